The van der Waals surface area contributed by atoms with Crippen molar-refractivity contribution in [2.45, 2.75) is 46.1 Å². The second-order valence-electron chi connectivity index (χ2n) is 6.21. The van der Waals surface area contributed by atoms with Crippen LogP contribution < -0.4 is 5.32 Å². The Morgan fingerprint density at radius 2 is 1.80 bits per heavy atom. The molecule has 1 N–H and O–H groups in total. The lowest BCUT2D eigenvalue weighted by Gasteiger charge is -2.28. The van der Waals surface area contributed by atoms with Gasteiger partial charge in [0.25, 0.3) is 0 Å². The van der Waals surface area contributed by atoms with Gasteiger partial charge in [-0.1, -0.05) is 57.5 Å². The summed E-state index contributed by atoms with van der Waals surface area (Å²) in [7, 11) is 2.26. The first-order valence-corrected chi connectivity index (χ1v) is 8.08. The fraction of sp³-hybridized carbons (Fsp3) is 0.667. The van der Waals surface area contributed by atoms with Crippen LogP contribution in [0.15, 0.2) is 30.3 Å². The van der Waals surface area contributed by atoms with Crippen LogP contribution in [0.2, 0.25) is 0 Å². The van der Waals surface area contributed by atoms with E-state index in [1.165, 1.54) is 18.4 Å². The molecule has 0 aliphatic carbocycles. The molecule has 1 atom stereocenters. The van der Waals surface area contributed by atoms with E-state index >= 15 is 0 Å². The maximum absolute atomic E-state index is 3.61. The highest BCUT2D eigenvalue weighted by molar-refractivity contribution is 5.14. The summed E-state index contributed by atoms with van der Waals surface area (Å²) < 4.78 is 0. The minimum absolute atomic E-state index is 0.655. The quantitative estimate of drug-likeness (QED) is 0.703. The van der Waals surface area contributed by atoms with E-state index in [0.717, 1.165) is 32.0 Å². The lowest BCUT2D eigenvalue weighted by Crippen LogP contribution is -2.41. The molecular weight excluding hydrogens is 244 g/mol. The molecule has 114 valence electrons. The highest BCUT2D eigenvalue weighted by Gasteiger charge is 2.13. The van der Waals surface area contributed by atoms with Crippen LogP contribution in [0.25, 0.3) is 0 Å². The van der Waals surface area contributed by atoms with Crippen molar-refractivity contribution in [2.24, 2.45) is 5.92 Å². The van der Waals surface area contributed by atoms with Gasteiger partial charge in [0, 0.05) is 19.1 Å². The smallest absolute Gasteiger partial charge is 0.0217 e. The second-order valence-corrected chi connectivity index (χ2v) is 6.21. The molecule has 0 aliphatic heterocycles. The highest BCUT2D eigenvalue weighted by atomic mass is 15.1. The van der Waals surface area contributed by atoms with Gasteiger partial charge in [0.05, 0.1) is 0 Å². The first kappa shape index (κ1) is 17.2. The molecule has 0 radical (unpaired) electrons. The monoisotopic (exact) mass is 276 g/mol. The summed E-state index contributed by atoms with van der Waals surface area (Å²) in [5.74, 6) is 0.729. The summed E-state index contributed by atoms with van der Waals surface area (Å²) in [4.78, 5) is 2.52. The van der Waals surface area contributed by atoms with Crippen LogP contribution in [0.3, 0.4) is 0 Å². The van der Waals surface area contributed by atoms with Crippen LogP contribution in [0.5, 0.6) is 0 Å². The van der Waals surface area contributed by atoms with Crippen LogP contribution in [0.1, 0.15) is 39.2 Å². The van der Waals surface area contributed by atoms with Crippen molar-refractivity contribution in [3.63, 3.8) is 0 Å². The van der Waals surface area contributed by atoms with Crippen LogP contribution in [-0.4, -0.2) is 37.6 Å². The first-order chi connectivity index (χ1) is 9.63. The Kier molecular flexibility index (Phi) is 8.56. The molecule has 0 aliphatic rings. The molecule has 0 fully saturated rings. The van der Waals surface area contributed by atoms with Gasteiger partial charge in [0.15, 0.2) is 0 Å². The van der Waals surface area contributed by atoms with Crippen LogP contribution >= 0.6 is 0 Å². The molecule has 2 heteroatoms. The zero-order valence-corrected chi connectivity index (χ0v) is 13.7. The summed E-state index contributed by atoms with van der Waals surface area (Å²) in [5.41, 5.74) is 1.43. The normalized spacial score (nSPS) is 13.1. The number of nitrogens with one attached hydrogen (secondary N) is 1. The maximum Gasteiger partial charge on any atom is 0.0217 e. The van der Waals surface area contributed by atoms with E-state index in [1.807, 2.05) is 0 Å². The molecule has 0 bridgehead atoms. The van der Waals surface area contributed by atoms with Crippen molar-refractivity contribution in [3.05, 3.63) is 35.9 Å². The van der Waals surface area contributed by atoms with Gasteiger partial charge in [0.1, 0.15) is 0 Å². The lowest BCUT2D eigenvalue weighted by atomic mass is 10.1. The fourth-order valence-corrected chi connectivity index (χ4v) is 2.48. The van der Waals surface area contributed by atoms with Gasteiger partial charge in [-0.25, -0.2) is 0 Å². The van der Waals surface area contributed by atoms with Gasteiger partial charge < -0.3 is 10.2 Å². The van der Waals surface area contributed by atoms with Gasteiger partial charge in [0.2, 0.25) is 0 Å². The number of likely N-dealkylation sites (N-methyl/N-ethyl adjacent to an activating group) is 1. The summed E-state index contributed by atoms with van der Waals surface area (Å²) in [6, 6.07) is 11.4. The molecular formula is C18H32N2. The molecule has 0 aromatic heterocycles. The average Bonchev–Trinajstić information content (AvgIpc) is 2.44. The molecule has 0 spiro atoms. The number of nitrogens with zero attached hydrogens (tertiary/aromatic N) is 1. The zero-order chi connectivity index (χ0) is 14.8. The van der Waals surface area contributed by atoms with Crippen molar-refractivity contribution in [3.8, 4) is 0 Å². The predicted molar refractivity (Wildman–Crippen MR) is 89.2 cm³/mol. The molecule has 0 saturated heterocycles. The minimum atomic E-state index is 0.655. The maximum atomic E-state index is 3.61. The molecule has 1 aromatic carbocycles. The number of rotatable bonds is 10. The second kappa shape index (κ2) is 9.95. The van der Waals surface area contributed by atoms with Gasteiger partial charge in [-0.05, 0) is 37.9 Å². The molecule has 0 amide bonds. The third-order valence-electron chi connectivity index (χ3n) is 3.77. The summed E-state index contributed by atoms with van der Waals surface area (Å²) in [5, 5.41) is 3.61. The Morgan fingerprint density at radius 1 is 1.10 bits per heavy atom. The van der Waals surface area contributed by atoms with Crippen LogP contribution in [0, 0.1) is 5.92 Å². The van der Waals surface area contributed by atoms with Crippen molar-refractivity contribution < 1.29 is 0 Å². The molecule has 1 unspecified atom stereocenters. The topological polar surface area (TPSA) is 15.3 Å². The van der Waals surface area contributed by atoms with Crippen LogP contribution in [-0.2, 0) is 6.42 Å². The first-order valence-electron chi connectivity index (χ1n) is 8.08. The van der Waals surface area contributed by atoms with E-state index in [0.29, 0.717) is 6.04 Å². The summed E-state index contributed by atoms with van der Waals surface area (Å²) in [6.07, 6.45) is 3.67. The van der Waals surface area contributed by atoms with E-state index in [9.17, 15) is 0 Å². The molecule has 0 saturated carbocycles. The molecule has 2 nitrogen and oxygen atoms in total. The molecule has 0 heterocycles. The summed E-state index contributed by atoms with van der Waals surface area (Å²) in [6.45, 7) is 10.2. The molecule has 20 heavy (non-hydrogen) atoms. The molecule has 1 rings (SSSR count). The van der Waals surface area contributed by atoms with E-state index in [2.05, 4.69) is 68.4 Å². The zero-order valence-electron chi connectivity index (χ0n) is 13.7. The number of hydrogen-bond donors (Lipinski definition) is 1. The predicted octanol–water partition coefficient (Wildman–Crippen LogP) is 3.58. The van der Waals surface area contributed by atoms with E-state index in [4.69, 9.17) is 0 Å². The van der Waals surface area contributed by atoms with Gasteiger partial charge in [-0.2, -0.15) is 0 Å². The van der Waals surface area contributed by atoms with Crippen molar-refractivity contribution in [2.75, 3.05) is 26.7 Å². The Morgan fingerprint density at radius 3 is 2.40 bits per heavy atom. The third-order valence-corrected chi connectivity index (χ3v) is 3.77. The van der Waals surface area contributed by atoms with E-state index < -0.39 is 0 Å². The molecule has 1 aromatic rings. The van der Waals surface area contributed by atoms with Crippen molar-refractivity contribution in [1.82, 2.24) is 10.2 Å². The average molecular weight is 276 g/mol. The van der Waals surface area contributed by atoms with E-state index in [1.54, 1.807) is 0 Å². The van der Waals surface area contributed by atoms with E-state index in [-0.39, 0.29) is 0 Å². The number of hydrogen-bond acceptors (Lipinski definition) is 2. The SMILES string of the molecule is CCCC(CNCC(C)C)N(C)CCc1ccccc1. The van der Waals surface area contributed by atoms with Gasteiger partial charge in [-0.15, -0.1) is 0 Å². The fourth-order valence-electron chi connectivity index (χ4n) is 2.48. The Bertz CT molecular complexity index is 335. The Hall–Kier alpha value is -0.860. The Balaban J connectivity index is 2.36. The van der Waals surface area contributed by atoms with Crippen LogP contribution in [0.4, 0.5) is 0 Å². The third kappa shape index (κ3) is 7.06. The van der Waals surface area contributed by atoms with Crippen molar-refractivity contribution in [1.29, 1.82) is 0 Å². The standard InChI is InChI=1S/C18H32N2/c1-5-9-18(15-19-14-16(2)3)20(4)13-12-17-10-7-6-8-11-17/h6-8,10-11,16,18-19H,5,9,12-15H2,1-4H3. The minimum Gasteiger partial charge on any atom is -0.315 e. The summed E-state index contributed by atoms with van der Waals surface area (Å²) >= 11 is 0. The van der Waals surface area contributed by atoms with Gasteiger partial charge in [-0.3, -0.25) is 0 Å². The highest BCUT2D eigenvalue weighted by Crippen LogP contribution is 2.07. The van der Waals surface area contributed by atoms with Crippen molar-refractivity contribution >= 4 is 0 Å². The lowest BCUT2D eigenvalue weighted by molar-refractivity contribution is 0.223. The number of benzene rings is 1. The van der Waals surface area contributed by atoms with Gasteiger partial charge >= 0.3 is 0 Å². The largest absolute Gasteiger partial charge is 0.315 e. The Labute approximate surface area is 125 Å².